The quantitative estimate of drug-likeness (QED) is 0.928. The second-order valence-corrected chi connectivity index (χ2v) is 5.90. The minimum atomic E-state index is -0.498. The second-order valence-electron chi connectivity index (χ2n) is 5.90. The molecule has 0 bridgehead atoms. The van der Waals surface area contributed by atoms with Crippen molar-refractivity contribution in [1.29, 1.82) is 0 Å². The number of rotatable bonds is 4. The van der Waals surface area contributed by atoms with Crippen molar-refractivity contribution in [3.8, 4) is 11.4 Å². The maximum absolute atomic E-state index is 12.6. The van der Waals surface area contributed by atoms with Crippen LogP contribution in [0.2, 0.25) is 0 Å². The van der Waals surface area contributed by atoms with E-state index in [-0.39, 0.29) is 5.91 Å². The molecule has 2 amide bonds. The van der Waals surface area contributed by atoms with E-state index in [4.69, 9.17) is 5.73 Å². The Morgan fingerprint density at radius 2 is 1.88 bits per heavy atom. The van der Waals surface area contributed by atoms with Crippen LogP contribution in [0.25, 0.3) is 11.4 Å². The summed E-state index contributed by atoms with van der Waals surface area (Å²) in [5, 5.41) is 0. The van der Waals surface area contributed by atoms with E-state index in [1.54, 1.807) is 17.0 Å². The minimum absolute atomic E-state index is 0.162. The lowest BCUT2D eigenvalue weighted by atomic mass is 10.1. The van der Waals surface area contributed by atoms with E-state index >= 15 is 0 Å². The van der Waals surface area contributed by atoms with Gasteiger partial charge < -0.3 is 10.6 Å². The van der Waals surface area contributed by atoms with Gasteiger partial charge in [0.25, 0.3) is 5.91 Å². The van der Waals surface area contributed by atoms with Crippen molar-refractivity contribution in [1.82, 2.24) is 14.9 Å². The Balaban J connectivity index is 1.78. The predicted molar refractivity (Wildman–Crippen MR) is 90.1 cm³/mol. The molecule has 1 atom stereocenters. The first-order chi connectivity index (χ1) is 11.6. The highest BCUT2D eigenvalue weighted by Gasteiger charge is 2.33. The summed E-state index contributed by atoms with van der Waals surface area (Å²) in [6.45, 7) is 2.62. The van der Waals surface area contributed by atoms with Crippen LogP contribution in [0.3, 0.4) is 0 Å². The Morgan fingerprint density at radius 1 is 1.21 bits per heavy atom. The number of likely N-dealkylation sites (tertiary alicyclic amines) is 1. The molecular formula is C18H20N4O2. The third kappa shape index (κ3) is 3.13. The number of amides is 2. The standard InChI is InChI=1S/C18H20N4O2/c1-2-12-10-20-17(21-11-12)13-5-7-14(8-6-13)18(24)22-9-3-4-15(22)16(19)23/h5-8,10-11,15H,2-4,9H2,1H3,(H2,19,23). The molecule has 0 saturated carbocycles. The predicted octanol–water partition coefficient (Wildman–Crippen LogP) is 1.80. The molecule has 124 valence electrons. The third-order valence-electron chi connectivity index (χ3n) is 4.35. The molecule has 0 radical (unpaired) electrons. The highest BCUT2D eigenvalue weighted by molar-refractivity contribution is 5.98. The number of aromatic nitrogens is 2. The molecule has 0 spiro atoms. The molecule has 1 aliphatic rings. The summed E-state index contributed by atoms with van der Waals surface area (Å²) in [5.74, 6) is 0.0226. The van der Waals surface area contributed by atoms with Crippen molar-refractivity contribution < 1.29 is 9.59 Å². The molecule has 0 aliphatic carbocycles. The molecule has 1 aromatic heterocycles. The Labute approximate surface area is 140 Å². The molecule has 3 rings (SSSR count). The van der Waals surface area contributed by atoms with E-state index in [0.717, 1.165) is 24.0 Å². The van der Waals surface area contributed by atoms with Gasteiger partial charge in [-0.05, 0) is 37.0 Å². The SMILES string of the molecule is CCc1cnc(-c2ccc(C(=O)N3CCCC3C(N)=O)cc2)nc1. The van der Waals surface area contributed by atoms with Crippen LogP contribution in [0.1, 0.15) is 35.7 Å². The second kappa shape index (κ2) is 6.78. The number of nitrogens with two attached hydrogens (primary N) is 1. The Bertz CT molecular complexity index is 741. The molecule has 2 heterocycles. The van der Waals surface area contributed by atoms with Gasteiger partial charge in [-0.1, -0.05) is 19.1 Å². The molecule has 2 aromatic rings. The fraction of sp³-hybridized carbons (Fsp3) is 0.333. The lowest BCUT2D eigenvalue weighted by Crippen LogP contribution is -2.43. The normalized spacial score (nSPS) is 17.0. The van der Waals surface area contributed by atoms with Crippen molar-refractivity contribution in [2.24, 2.45) is 5.73 Å². The number of carbonyl (C=O) groups excluding carboxylic acids is 2. The molecule has 6 nitrogen and oxygen atoms in total. The summed E-state index contributed by atoms with van der Waals surface area (Å²) in [7, 11) is 0. The fourth-order valence-electron chi connectivity index (χ4n) is 2.92. The van der Waals surface area contributed by atoms with Crippen LogP contribution < -0.4 is 5.73 Å². The number of nitrogens with zero attached hydrogens (tertiary/aromatic N) is 3. The number of hydrogen-bond acceptors (Lipinski definition) is 4. The highest BCUT2D eigenvalue weighted by Crippen LogP contribution is 2.21. The van der Waals surface area contributed by atoms with Gasteiger partial charge in [-0.3, -0.25) is 9.59 Å². The lowest BCUT2D eigenvalue weighted by Gasteiger charge is -2.22. The van der Waals surface area contributed by atoms with Crippen LogP contribution in [-0.4, -0.2) is 39.3 Å². The van der Waals surface area contributed by atoms with E-state index in [1.165, 1.54) is 0 Å². The Hall–Kier alpha value is -2.76. The van der Waals surface area contributed by atoms with Crippen molar-refractivity contribution in [2.45, 2.75) is 32.2 Å². The van der Waals surface area contributed by atoms with Crippen LogP contribution in [0.4, 0.5) is 0 Å². The highest BCUT2D eigenvalue weighted by atomic mass is 16.2. The van der Waals surface area contributed by atoms with Gasteiger partial charge in [-0.15, -0.1) is 0 Å². The first-order valence-electron chi connectivity index (χ1n) is 8.11. The van der Waals surface area contributed by atoms with Crippen LogP contribution >= 0.6 is 0 Å². The number of aryl methyl sites for hydroxylation is 1. The van der Waals surface area contributed by atoms with Gasteiger partial charge in [0, 0.05) is 30.1 Å². The monoisotopic (exact) mass is 324 g/mol. The van der Waals surface area contributed by atoms with Crippen LogP contribution in [0.15, 0.2) is 36.7 Å². The van der Waals surface area contributed by atoms with E-state index in [0.29, 0.717) is 24.4 Å². The zero-order chi connectivity index (χ0) is 17.1. The first-order valence-corrected chi connectivity index (χ1v) is 8.11. The molecule has 1 saturated heterocycles. The molecule has 2 N–H and O–H groups in total. The minimum Gasteiger partial charge on any atom is -0.368 e. The summed E-state index contributed by atoms with van der Waals surface area (Å²) in [6.07, 6.45) is 5.95. The zero-order valence-corrected chi connectivity index (χ0v) is 13.6. The number of primary amides is 1. The van der Waals surface area contributed by atoms with Crippen molar-refractivity contribution in [3.05, 3.63) is 47.8 Å². The molecule has 24 heavy (non-hydrogen) atoms. The largest absolute Gasteiger partial charge is 0.368 e. The first kappa shape index (κ1) is 16.1. The lowest BCUT2D eigenvalue weighted by molar-refractivity contribution is -0.121. The molecule has 1 unspecified atom stereocenters. The van der Waals surface area contributed by atoms with Gasteiger partial charge in [-0.2, -0.15) is 0 Å². The van der Waals surface area contributed by atoms with E-state index in [1.807, 2.05) is 24.5 Å². The summed E-state index contributed by atoms with van der Waals surface area (Å²) in [6, 6.07) is 6.63. The summed E-state index contributed by atoms with van der Waals surface area (Å²) in [5.41, 5.74) is 7.85. The molecule has 1 aliphatic heterocycles. The maximum Gasteiger partial charge on any atom is 0.254 e. The van der Waals surface area contributed by atoms with Crippen molar-refractivity contribution in [2.75, 3.05) is 6.54 Å². The summed E-state index contributed by atoms with van der Waals surface area (Å²) < 4.78 is 0. The van der Waals surface area contributed by atoms with Gasteiger partial charge in [0.05, 0.1) is 0 Å². The fourth-order valence-corrected chi connectivity index (χ4v) is 2.92. The Morgan fingerprint density at radius 3 is 2.46 bits per heavy atom. The summed E-state index contributed by atoms with van der Waals surface area (Å²) >= 11 is 0. The third-order valence-corrected chi connectivity index (χ3v) is 4.35. The number of carbonyl (C=O) groups is 2. The van der Waals surface area contributed by atoms with Gasteiger partial charge in [-0.25, -0.2) is 9.97 Å². The van der Waals surface area contributed by atoms with Crippen LogP contribution in [0, 0.1) is 0 Å². The van der Waals surface area contributed by atoms with Crippen LogP contribution in [0.5, 0.6) is 0 Å². The molecular weight excluding hydrogens is 304 g/mol. The molecule has 6 heteroatoms. The van der Waals surface area contributed by atoms with Gasteiger partial charge in [0.2, 0.25) is 5.91 Å². The van der Waals surface area contributed by atoms with E-state index in [2.05, 4.69) is 16.9 Å². The zero-order valence-electron chi connectivity index (χ0n) is 13.6. The van der Waals surface area contributed by atoms with E-state index in [9.17, 15) is 9.59 Å². The number of hydrogen-bond donors (Lipinski definition) is 1. The van der Waals surface area contributed by atoms with Crippen LogP contribution in [-0.2, 0) is 11.2 Å². The van der Waals surface area contributed by atoms with E-state index < -0.39 is 11.9 Å². The van der Waals surface area contributed by atoms with Crippen molar-refractivity contribution >= 4 is 11.8 Å². The van der Waals surface area contributed by atoms with Gasteiger partial charge in [0.1, 0.15) is 6.04 Å². The van der Waals surface area contributed by atoms with Gasteiger partial charge >= 0.3 is 0 Å². The average molecular weight is 324 g/mol. The molecule has 1 aromatic carbocycles. The smallest absolute Gasteiger partial charge is 0.254 e. The average Bonchev–Trinajstić information content (AvgIpc) is 3.11. The Kier molecular flexibility index (Phi) is 4.55. The molecule has 1 fully saturated rings. The summed E-state index contributed by atoms with van der Waals surface area (Å²) in [4.78, 5) is 34.3. The van der Waals surface area contributed by atoms with Gasteiger partial charge in [0.15, 0.2) is 5.82 Å². The van der Waals surface area contributed by atoms with Crippen molar-refractivity contribution in [3.63, 3.8) is 0 Å². The topological polar surface area (TPSA) is 89.2 Å². The maximum atomic E-state index is 12.6. The number of benzene rings is 1.